The van der Waals surface area contributed by atoms with Crippen LogP contribution in [0.2, 0.25) is 0 Å². The van der Waals surface area contributed by atoms with Crippen molar-refractivity contribution in [3.8, 4) is 0 Å². The standard InChI is InChI=1S/C19H29NO/c1-13(2)19(21)16(5)20-10-8-17(9-11-20)18-7-6-14(3)12-15(18)4/h6-7,12-13,16-17H,8-11H2,1-5H3. The van der Waals surface area contributed by atoms with Gasteiger partial charge in [0, 0.05) is 5.92 Å². The van der Waals surface area contributed by atoms with E-state index in [1.165, 1.54) is 29.5 Å². The number of hydrogen-bond acceptors (Lipinski definition) is 2. The highest BCUT2D eigenvalue weighted by Crippen LogP contribution is 2.31. The predicted molar refractivity (Wildman–Crippen MR) is 88.8 cm³/mol. The number of hydrogen-bond donors (Lipinski definition) is 0. The third-order valence-corrected chi connectivity index (χ3v) is 4.92. The molecule has 1 aromatic carbocycles. The van der Waals surface area contributed by atoms with Crippen molar-refractivity contribution >= 4 is 5.78 Å². The van der Waals surface area contributed by atoms with E-state index in [0.29, 0.717) is 11.7 Å². The van der Waals surface area contributed by atoms with Crippen molar-refractivity contribution in [1.29, 1.82) is 0 Å². The summed E-state index contributed by atoms with van der Waals surface area (Å²) in [5, 5.41) is 0. The van der Waals surface area contributed by atoms with Crippen LogP contribution in [0.5, 0.6) is 0 Å². The van der Waals surface area contributed by atoms with Gasteiger partial charge in [-0.25, -0.2) is 0 Å². The molecule has 0 N–H and O–H groups in total. The monoisotopic (exact) mass is 287 g/mol. The second-order valence-electron chi connectivity index (χ2n) is 6.90. The first-order valence-corrected chi connectivity index (χ1v) is 8.25. The second kappa shape index (κ2) is 6.74. The molecule has 2 heteroatoms. The number of rotatable bonds is 4. The fraction of sp³-hybridized carbons (Fsp3) is 0.632. The largest absolute Gasteiger partial charge is 0.298 e. The molecule has 116 valence electrons. The zero-order chi connectivity index (χ0) is 15.6. The van der Waals surface area contributed by atoms with Crippen molar-refractivity contribution in [3.63, 3.8) is 0 Å². The van der Waals surface area contributed by atoms with Gasteiger partial charge in [-0.1, -0.05) is 37.6 Å². The van der Waals surface area contributed by atoms with Crippen LogP contribution in [0.25, 0.3) is 0 Å². The minimum absolute atomic E-state index is 0.0741. The summed E-state index contributed by atoms with van der Waals surface area (Å²) in [5.74, 6) is 1.17. The predicted octanol–water partition coefficient (Wildman–Crippen LogP) is 4.10. The normalized spacial score (nSPS) is 19.0. The first-order chi connectivity index (χ1) is 9.90. The van der Waals surface area contributed by atoms with E-state index < -0.39 is 0 Å². The van der Waals surface area contributed by atoms with Crippen LogP contribution in [0.1, 0.15) is 56.2 Å². The number of ketones is 1. The molecule has 21 heavy (non-hydrogen) atoms. The summed E-state index contributed by atoms with van der Waals surface area (Å²) in [6.45, 7) is 12.5. The van der Waals surface area contributed by atoms with Crippen LogP contribution in [0, 0.1) is 19.8 Å². The fourth-order valence-electron chi connectivity index (χ4n) is 3.54. The van der Waals surface area contributed by atoms with Crippen LogP contribution in [-0.4, -0.2) is 29.8 Å². The molecule has 0 saturated carbocycles. The third kappa shape index (κ3) is 3.74. The summed E-state index contributed by atoms with van der Waals surface area (Å²) < 4.78 is 0. The van der Waals surface area contributed by atoms with Gasteiger partial charge in [-0.2, -0.15) is 0 Å². The van der Waals surface area contributed by atoms with Crippen LogP contribution in [0.3, 0.4) is 0 Å². The molecular formula is C19H29NO. The molecule has 1 saturated heterocycles. The van der Waals surface area contributed by atoms with Crippen LogP contribution < -0.4 is 0 Å². The smallest absolute Gasteiger partial charge is 0.152 e. The Morgan fingerprint density at radius 2 is 1.76 bits per heavy atom. The average Bonchev–Trinajstić information content (AvgIpc) is 2.46. The molecule has 1 atom stereocenters. The molecule has 0 aromatic heterocycles. The van der Waals surface area contributed by atoms with Gasteiger partial charge in [0.2, 0.25) is 0 Å². The Hall–Kier alpha value is -1.15. The summed E-state index contributed by atoms with van der Waals surface area (Å²) in [4.78, 5) is 14.5. The number of piperidine rings is 1. The Balaban J connectivity index is 1.98. The van der Waals surface area contributed by atoms with E-state index in [1.54, 1.807) is 0 Å². The number of benzene rings is 1. The third-order valence-electron chi connectivity index (χ3n) is 4.92. The maximum Gasteiger partial charge on any atom is 0.152 e. The van der Waals surface area contributed by atoms with Gasteiger partial charge in [0.25, 0.3) is 0 Å². The molecule has 2 nitrogen and oxygen atoms in total. The van der Waals surface area contributed by atoms with Crippen molar-refractivity contribution in [2.75, 3.05) is 13.1 Å². The summed E-state index contributed by atoms with van der Waals surface area (Å²) in [7, 11) is 0. The van der Waals surface area contributed by atoms with Crippen molar-refractivity contribution in [2.45, 2.75) is 59.4 Å². The molecular weight excluding hydrogens is 258 g/mol. The number of carbonyl (C=O) groups excluding carboxylic acids is 1. The fourth-order valence-corrected chi connectivity index (χ4v) is 3.54. The molecule has 1 aromatic rings. The zero-order valence-corrected chi connectivity index (χ0v) is 14.1. The molecule has 1 aliphatic heterocycles. The molecule has 0 spiro atoms. The molecule has 0 amide bonds. The van der Waals surface area contributed by atoms with E-state index in [2.05, 4.69) is 43.9 Å². The van der Waals surface area contributed by atoms with Gasteiger partial charge in [0.1, 0.15) is 0 Å². The van der Waals surface area contributed by atoms with Crippen LogP contribution in [0.15, 0.2) is 18.2 Å². The number of likely N-dealkylation sites (tertiary alicyclic amines) is 1. The summed E-state index contributed by atoms with van der Waals surface area (Å²) in [6, 6.07) is 6.88. The van der Waals surface area contributed by atoms with Gasteiger partial charge >= 0.3 is 0 Å². The van der Waals surface area contributed by atoms with Crippen molar-refractivity contribution in [1.82, 2.24) is 4.90 Å². The van der Waals surface area contributed by atoms with Gasteiger partial charge in [0.05, 0.1) is 6.04 Å². The van der Waals surface area contributed by atoms with Crippen LogP contribution >= 0.6 is 0 Å². The Kier molecular flexibility index (Phi) is 5.21. The van der Waals surface area contributed by atoms with Crippen molar-refractivity contribution in [2.24, 2.45) is 5.92 Å². The van der Waals surface area contributed by atoms with E-state index >= 15 is 0 Å². The van der Waals surface area contributed by atoms with Crippen LogP contribution in [-0.2, 0) is 4.79 Å². The lowest BCUT2D eigenvalue weighted by Crippen LogP contribution is -2.45. The topological polar surface area (TPSA) is 20.3 Å². The van der Waals surface area contributed by atoms with E-state index in [4.69, 9.17) is 0 Å². The summed E-state index contributed by atoms with van der Waals surface area (Å²) >= 11 is 0. The lowest BCUT2D eigenvalue weighted by molar-refractivity contribution is -0.127. The number of nitrogens with zero attached hydrogens (tertiary/aromatic N) is 1. The minimum atomic E-state index is 0.0741. The number of aryl methyl sites for hydroxylation is 2. The molecule has 2 rings (SSSR count). The summed E-state index contributed by atoms with van der Waals surface area (Å²) in [5.41, 5.74) is 4.26. The number of Topliss-reactive ketones (excluding diaryl/α,β-unsaturated/α-hetero) is 1. The highest BCUT2D eigenvalue weighted by Gasteiger charge is 2.28. The quantitative estimate of drug-likeness (QED) is 0.831. The molecule has 0 radical (unpaired) electrons. The minimum Gasteiger partial charge on any atom is -0.298 e. The molecule has 1 aliphatic rings. The molecule has 0 bridgehead atoms. The molecule has 1 fully saturated rings. The zero-order valence-electron chi connectivity index (χ0n) is 14.1. The SMILES string of the molecule is Cc1ccc(C2CCN(C(C)C(=O)C(C)C)CC2)c(C)c1. The van der Waals surface area contributed by atoms with Crippen molar-refractivity contribution < 1.29 is 4.79 Å². The molecule has 1 heterocycles. The lowest BCUT2D eigenvalue weighted by Gasteiger charge is -2.36. The Labute approximate surface area is 129 Å². The number of carbonyl (C=O) groups is 1. The highest BCUT2D eigenvalue weighted by atomic mass is 16.1. The average molecular weight is 287 g/mol. The van der Waals surface area contributed by atoms with Crippen molar-refractivity contribution in [3.05, 3.63) is 34.9 Å². The first-order valence-electron chi connectivity index (χ1n) is 8.25. The van der Waals surface area contributed by atoms with Gasteiger partial charge in [-0.05, 0) is 63.7 Å². The second-order valence-corrected chi connectivity index (χ2v) is 6.90. The summed E-state index contributed by atoms with van der Waals surface area (Å²) in [6.07, 6.45) is 2.33. The van der Waals surface area contributed by atoms with E-state index in [0.717, 1.165) is 13.1 Å². The molecule has 0 aliphatic carbocycles. The maximum absolute atomic E-state index is 12.1. The molecule has 1 unspecified atom stereocenters. The Bertz CT molecular complexity index is 498. The van der Waals surface area contributed by atoms with Gasteiger partial charge < -0.3 is 0 Å². The van der Waals surface area contributed by atoms with Gasteiger partial charge in [-0.3, -0.25) is 9.69 Å². The van der Waals surface area contributed by atoms with Gasteiger partial charge in [0.15, 0.2) is 5.78 Å². The van der Waals surface area contributed by atoms with Crippen LogP contribution in [0.4, 0.5) is 0 Å². The highest BCUT2D eigenvalue weighted by molar-refractivity contribution is 5.85. The maximum atomic E-state index is 12.1. The van der Waals surface area contributed by atoms with Gasteiger partial charge in [-0.15, -0.1) is 0 Å². The Morgan fingerprint density at radius 3 is 2.29 bits per heavy atom. The van der Waals surface area contributed by atoms with E-state index in [9.17, 15) is 4.79 Å². The Morgan fingerprint density at radius 1 is 1.14 bits per heavy atom. The first kappa shape index (κ1) is 16.2. The van der Waals surface area contributed by atoms with E-state index in [1.807, 2.05) is 13.8 Å². The van der Waals surface area contributed by atoms with E-state index in [-0.39, 0.29) is 12.0 Å². The lowest BCUT2D eigenvalue weighted by atomic mass is 9.85.